The van der Waals surface area contributed by atoms with Crippen molar-refractivity contribution in [2.24, 2.45) is 5.10 Å². The first-order valence-electron chi connectivity index (χ1n) is 6.02. The van der Waals surface area contributed by atoms with Crippen molar-refractivity contribution in [1.82, 2.24) is 10.3 Å². The minimum atomic E-state index is -0.342. The summed E-state index contributed by atoms with van der Waals surface area (Å²) in [5.74, 6) is 0.692. The zero-order chi connectivity index (χ0) is 13.2. The van der Waals surface area contributed by atoms with Gasteiger partial charge in [0.2, 0.25) is 0 Å². The fourth-order valence-corrected chi connectivity index (χ4v) is 2.81. The van der Waals surface area contributed by atoms with Crippen molar-refractivity contribution in [2.45, 2.75) is 6.04 Å². The van der Waals surface area contributed by atoms with Gasteiger partial charge in [0.25, 0.3) is 5.91 Å². The van der Waals surface area contributed by atoms with E-state index in [0.29, 0.717) is 11.8 Å². The van der Waals surface area contributed by atoms with Gasteiger partial charge in [-0.25, -0.2) is 0 Å². The van der Waals surface area contributed by atoms with Crippen LogP contribution in [0, 0.1) is 0 Å². The van der Waals surface area contributed by atoms with E-state index in [1.54, 1.807) is 11.1 Å². The molecule has 3 rings (SSSR count). The van der Waals surface area contributed by atoms with Crippen molar-refractivity contribution in [1.29, 1.82) is 0 Å². The van der Waals surface area contributed by atoms with Crippen LogP contribution in [0.4, 0.5) is 5.69 Å². The number of hydrogen-bond acceptors (Lipinski definition) is 5. The number of benzene rings is 1. The Balaban J connectivity index is 1.91. The number of amides is 1. The number of carbonyl (C=O) groups excluding carboxylic acids is 1. The number of carbonyl (C=O) groups is 1. The molecule has 2 heterocycles. The molecule has 0 bridgehead atoms. The lowest BCUT2D eigenvalue weighted by molar-refractivity contribution is -0.126. The molecular formula is C13H14N4OS. The molecule has 0 aliphatic carbocycles. The molecule has 98 valence electrons. The zero-order valence-electron chi connectivity index (χ0n) is 10.3. The Morgan fingerprint density at radius 3 is 3.21 bits per heavy atom. The van der Waals surface area contributed by atoms with Crippen LogP contribution >= 0.6 is 11.8 Å². The Kier molecular flexibility index (Phi) is 3.16. The lowest BCUT2D eigenvalue weighted by Gasteiger charge is -2.37. The first kappa shape index (κ1) is 12.1. The second-order valence-corrected chi connectivity index (χ2v) is 5.27. The number of thioether (sulfide) groups is 1. The Labute approximate surface area is 115 Å². The predicted octanol–water partition coefficient (Wildman–Crippen LogP) is 1.73. The van der Waals surface area contributed by atoms with Crippen LogP contribution in [0.3, 0.4) is 0 Å². The Morgan fingerprint density at radius 2 is 2.37 bits per heavy atom. The van der Waals surface area contributed by atoms with E-state index in [-0.39, 0.29) is 11.9 Å². The van der Waals surface area contributed by atoms with Crippen molar-refractivity contribution in [3.8, 4) is 0 Å². The maximum atomic E-state index is 12.3. The minimum Gasteiger partial charge on any atom is -0.366 e. The molecule has 0 saturated heterocycles. The van der Waals surface area contributed by atoms with E-state index >= 15 is 0 Å². The van der Waals surface area contributed by atoms with Gasteiger partial charge in [0, 0.05) is 17.0 Å². The second kappa shape index (κ2) is 4.97. The summed E-state index contributed by atoms with van der Waals surface area (Å²) in [6, 6.07) is 7.48. The smallest absolute Gasteiger partial charge is 0.255 e. The molecule has 0 radical (unpaired) electrons. The molecule has 19 heavy (non-hydrogen) atoms. The molecule has 0 spiro atoms. The van der Waals surface area contributed by atoms with Gasteiger partial charge < -0.3 is 10.6 Å². The number of amidine groups is 1. The molecule has 1 aromatic carbocycles. The first-order chi connectivity index (χ1) is 9.29. The number of fused-ring (bicyclic) bond motifs is 3. The highest BCUT2D eigenvalue weighted by Gasteiger charge is 2.36. The fourth-order valence-electron chi connectivity index (χ4n) is 2.20. The molecule has 5 nitrogen and oxygen atoms in total. The summed E-state index contributed by atoms with van der Waals surface area (Å²) in [6.45, 7) is 4.20. The molecule has 0 fully saturated rings. The molecular weight excluding hydrogens is 260 g/mol. The number of anilines is 1. The van der Waals surface area contributed by atoms with Crippen LogP contribution in [0.5, 0.6) is 0 Å². The zero-order valence-corrected chi connectivity index (χ0v) is 11.1. The summed E-state index contributed by atoms with van der Waals surface area (Å²) in [5, 5.41) is 13.0. The van der Waals surface area contributed by atoms with E-state index in [4.69, 9.17) is 0 Å². The molecule has 1 aromatic rings. The van der Waals surface area contributed by atoms with E-state index in [1.165, 1.54) is 11.8 Å². The van der Waals surface area contributed by atoms with Crippen molar-refractivity contribution < 1.29 is 4.79 Å². The summed E-state index contributed by atoms with van der Waals surface area (Å²) in [4.78, 5) is 12.3. The maximum Gasteiger partial charge on any atom is 0.255 e. The summed E-state index contributed by atoms with van der Waals surface area (Å²) >= 11 is 1.47. The summed E-state index contributed by atoms with van der Waals surface area (Å²) in [5.41, 5.74) is 1.96. The molecule has 2 aliphatic rings. The first-order valence-corrected chi connectivity index (χ1v) is 7.01. The average molecular weight is 274 g/mol. The largest absolute Gasteiger partial charge is 0.366 e. The molecule has 0 saturated carbocycles. The number of nitrogens with zero attached hydrogens (tertiary/aromatic N) is 2. The summed E-state index contributed by atoms with van der Waals surface area (Å²) < 4.78 is 0. The molecule has 2 N–H and O–H groups in total. The van der Waals surface area contributed by atoms with E-state index in [1.807, 2.05) is 24.3 Å². The van der Waals surface area contributed by atoms with Crippen molar-refractivity contribution in [3.63, 3.8) is 0 Å². The van der Waals surface area contributed by atoms with Gasteiger partial charge in [0.05, 0.1) is 0 Å². The third-order valence-electron chi connectivity index (χ3n) is 3.02. The van der Waals surface area contributed by atoms with Crippen LogP contribution in [0.25, 0.3) is 0 Å². The van der Waals surface area contributed by atoms with Crippen LogP contribution in [0.2, 0.25) is 0 Å². The highest BCUT2D eigenvalue weighted by molar-refractivity contribution is 8.14. The maximum absolute atomic E-state index is 12.3. The number of para-hydroxylation sites is 1. The fraction of sp³-hybridized carbons (Fsp3) is 0.231. The van der Waals surface area contributed by atoms with E-state index in [9.17, 15) is 4.79 Å². The van der Waals surface area contributed by atoms with Crippen LogP contribution in [-0.4, -0.2) is 28.5 Å². The third-order valence-corrected chi connectivity index (χ3v) is 3.88. The van der Waals surface area contributed by atoms with E-state index in [0.717, 1.165) is 17.0 Å². The number of hydrazone groups is 1. The Bertz CT molecular complexity index is 557. The lowest BCUT2D eigenvalue weighted by atomic mass is 10.0. The van der Waals surface area contributed by atoms with Gasteiger partial charge in [-0.1, -0.05) is 36.0 Å². The minimum absolute atomic E-state index is 0.0319. The number of nitrogens with one attached hydrogen (secondary N) is 2. The SMILES string of the molecule is C=CCSC1=NN2CNc3ccccc3[C@H]2C(=O)N1. The van der Waals surface area contributed by atoms with Crippen molar-refractivity contribution in [3.05, 3.63) is 42.5 Å². The monoisotopic (exact) mass is 274 g/mol. The number of hydrogen-bond donors (Lipinski definition) is 2. The highest BCUT2D eigenvalue weighted by atomic mass is 32.2. The lowest BCUT2D eigenvalue weighted by Crippen LogP contribution is -2.49. The van der Waals surface area contributed by atoms with Gasteiger partial charge in [0.1, 0.15) is 6.67 Å². The molecule has 2 aliphatic heterocycles. The van der Waals surface area contributed by atoms with Gasteiger partial charge in [-0.05, 0) is 6.07 Å². The molecule has 0 aromatic heterocycles. The molecule has 1 atom stereocenters. The third kappa shape index (κ3) is 2.19. The normalized spacial score (nSPS) is 20.6. The van der Waals surface area contributed by atoms with Crippen molar-refractivity contribution in [2.75, 3.05) is 17.7 Å². The topological polar surface area (TPSA) is 56.7 Å². The van der Waals surface area contributed by atoms with Gasteiger partial charge in [-0.2, -0.15) is 0 Å². The van der Waals surface area contributed by atoms with Crippen LogP contribution in [-0.2, 0) is 4.79 Å². The molecule has 6 heteroatoms. The second-order valence-electron chi connectivity index (χ2n) is 4.26. The Morgan fingerprint density at radius 1 is 1.53 bits per heavy atom. The molecule has 1 amide bonds. The van der Waals surface area contributed by atoms with Gasteiger partial charge in [-0.3, -0.25) is 9.80 Å². The average Bonchev–Trinajstić information content (AvgIpc) is 2.44. The quantitative estimate of drug-likeness (QED) is 0.807. The number of rotatable bonds is 2. The van der Waals surface area contributed by atoms with Crippen LogP contribution in [0.1, 0.15) is 11.6 Å². The van der Waals surface area contributed by atoms with E-state index < -0.39 is 0 Å². The van der Waals surface area contributed by atoms with Gasteiger partial charge in [0.15, 0.2) is 11.2 Å². The van der Waals surface area contributed by atoms with E-state index in [2.05, 4.69) is 22.3 Å². The predicted molar refractivity (Wildman–Crippen MR) is 77.7 cm³/mol. The standard InChI is InChI=1S/C13H14N4OS/c1-2-7-19-13-15-12(18)11-9-5-3-4-6-10(9)14-8-17(11)16-13/h2-6,11,14H,1,7-8H2,(H,15,16,18)/t11-/m0/s1. The van der Waals surface area contributed by atoms with Crippen LogP contribution < -0.4 is 10.6 Å². The Hall–Kier alpha value is -1.95. The van der Waals surface area contributed by atoms with Gasteiger partial charge in [-0.15, -0.1) is 11.7 Å². The summed E-state index contributed by atoms with van der Waals surface area (Å²) in [6.07, 6.45) is 1.79. The van der Waals surface area contributed by atoms with Gasteiger partial charge >= 0.3 is 0 Å². The molecule has 0 unspecified atom stereocenters. The van der Waals surface area contributed by atoms with Crippen molar-refractivity contribution >= 4 is 28.5 Å². The highest BCUT2D eigenvalue weighted by Crippen LogP contribution is 2.34. The summed E-state index contributed by atoms with van der Waals surface area (Å²) in [7, 11) is 0. The van der Waals surface area contributed by atoms with Crippen LogP contribution in [0.15, 0.2) is 42.0 Å².